The smallest absolute Gasteiger partial charge is 0.344 e. The van der Waals surface area contributed by atoms with E-state index in [1.54, 1.807) is 6.92 Å². The van der Waals surface area contributed by atoms with Gasteiger partial charge >= 0.3 is 5.97 Å². The van der Waals surface area contributed by atoms with Gasteiger partial charge in [0.1, 0.15) is 5.56 Å². The van der Waals surface area contributed by atoms with Crippen LogP contribution in [0.1, 0.15) is 24.2 Å². The lowest BCUT2D eigenvalue weighted by Gasteiger charge is -2.06. The highest BCUT2D eigenvalue weighted by Crippen LogP contribution is 2.23. The molecular formula is C11H11F5O3. The van der Waals surface area contributed by atoms with Gasteiger partial charge < -0.3 is 9.84 Å². The van der Waals surface area contributed by atoms with Crippen molar-refractivity contribution < 1.29 is 36.6 Å². The highest BCUT2D eigenvalue weighted by Gasteiger charge is 2.30. The molecule has 0 radical (unpaired) electrons. The Morgan fingerprint density at radius 3 is 1.58 bits per heavy atom. The number of aliphatic hydroxyl groups is 1. The minimum Gasteiger partial charge on any atom is -0.462 e. The molecule has 0 heterocycles. The van der Waals surface area contributed by atoms with E-state index in [1.807, 2.05) is 0 Å². The first-order chi connectivity index (χ1) is 8.83. The fourth-order valence-electron chi connectivity index (χ4n) is 0.987. The standard InChI is InChI=1S/C9H5F5O2.C2H6O/c1-2-16-9(15)3-4(10)6(12)8(14)7(13)5(3)11;1-2-3/h2H2,1H3;3H,2H2,1H3. The first-order valence-electron chi connectivity index (χ1n) is 5.12. The van der Waals surface area contributed by atoms with Gasteiger partial charge in [-0.1, -0.05) is 0 Å². The van der Waals surface area contributed by atoms with E-state index in [2.05, 4.69) is 4.74 Å². The molecule has 8 heteroatoms. The number of esters is 1. The van der Waals surface area contributed by atoms with Crippen LogP contribution in [0.5, 0.6) is 0 Å². The molecule has 0 spiro atoms. The lowest BCUT2D eigenvalue weighted by Crippen LogP contribution is -2.15. The van der Waals surface area contributed by atoms with Crippen molar-refractivity contribution in [2.45, 2.75) is 13.8 Å². The monoisotopic (exact) mass is 286 g/mol. The first-order valence-corrected chi connectivity index (χ1v) is 5.12. The largest absolute Gasteiger partial charge is 0.462 e. The van der Waals surface area contributed by atoms with Gasteiger partial charge in [0.25, 0.3) is 0 Å². The number of benzene rings is 1. The summed E-state index contributed by atoms with van der Waals surface area (Å²) in [6.07, 6.45) is 0. The second kappa shape index (κ2) is 7.67. The van der Waals surface area contributed by atoms with Gasteiger partial charge in [-0.2, -0.15) is 0 Å². The third-order valence-corrected chi connectivity index (χ3v) is 1.69. The van der Waals surface area contributed by atoms with E-state index >= 15 is 0 Å². The topological polar surface area (TPSA) is 46.5 Å². The molecule has 3 nitrogen and oxygen atoms in total. The van der Waals surface area contributed by atoms with Crippen molar-refractivity contribution in [1.82, 2.24) is 0 Å². The van der Waals surface area contributed by atoms with Crippen molar-refractivity contribution in [3.63, 3.8) is 0 Å². The fourth-order valence-corrected chi connectivity index (χ4v) is 0.987. The van der Waals surface area contributed by atoms with Crippen molar-refractivity contribution in [3.05, 3.63) is 34.6 Å². The minimum atomic E-state index is -2.32. The zero-order valence-electron chi connectivity index (χ0n) is 10.1. The first kappa shape index (κ1) is 17.3. The van der Waals surface area contributed by atoms with Gasteiger partial charge in [0.2, 0.25) is 5.82 Å². The van der Waals surface area contributed by atoms with Crippen molar-refractivity contribution in [2.75, 3.05) is 13.2 Å². The van der Waals surface area contributed by atoms with Gasteiger partial charge in [-0.15, -0.1) is 0 Å². The number of carbonyl (C=O) groups excluding carboxylic acids is 1. The van der Waals surface area contributed by atoms with E-state index in [0.717, 1.165) is 0 Å². The van der Waals surface area contributed by atoms with Gasteiger partial charge in [0.05, 0.1) is 6.61 Å². The fraction of sp³-hybridized carbons (Fsp3) is 0.364. The average Bonchev–Trinajstić information content (AvgIpc) is 2.35. The van der Waals surface area contributed by atoms with Crippen LogP contribution in [0.15, 0.2) is 0 Å². The van der Waals surface area contributed by atoms with Crippen LogP contribution in [0.25, 0.3) is 0 Å². The van der Waals surface area contributed by atoms with Crippen molar-refractivity contribution in [2.24, 2.45) is 0 Å². The molecule has 0 aromatic heterocycles. The van der Waals surface area contributed by atoms with Gasteiger partial charge in [-0.25, -0.2) is 26.7 Å². The molecule has 0 aliphatic carbocycles. The Morgan fingerprint density at radius 1 is 0.947 bits per heavy atom. The summed E-state index contributed by atoms with van der Waals surface area (Å²) in [5, 5.41) is 7.57. The SMILES string of the molecule is CCO.CCOC(=O)c1c(F)c(F)c(F)c(F)c1F. The maximum Gasteiger partial charge on any atom is 0.344 e. The number of rotatable bonds is 2. The molecule has 1 aromatic rings. The Labute approximate surface area is 105 Å². The Morgan fingerprint density at radius 2 is 1.26 bits per heavy atom. The van der Waals surface area contributed by atoms with Crippen LogP contribution in [0, 0.1) is 29.1 Å². The summed E-state index contributed by atoms with van der Waals surface area (Å²) in [5.41, 5.74) is -1.58. The van der Waals surface area contributed by atoms with Crippen LogP contribution >= 0.6 is 0 Å². The predicted octanol–water partition coefficient (Wildman–Crippen LogP) is 2.56. The molecule has 0 amide bonds. The molecule has 19 heavy (non-hydrogen) atoms. The molecule has 0 saturated carbocycles. The average molecular weight is 286 g/mol. The van der Waals surface area contributed by atoms with Crippen LogP contribution in [0.4, 0.5) is 22.0 Å². The summed E-state index contributed by atoms with van der Waals surface area (Å²) in [6, 6.07) is 0. The van der Waals surface area contributed by atoms with E-state index in [4.69, 9.17) is 5.11 Å². The molecule has 1 aromatic carbocycles. The highest BCUT2D eigenvalue weighted by atomic mass is 19.2. The quantitative estimate of drug-likeness (QED) is 0.393. The Kier molecular flexibility index (Phi) is 6.99. The number of hydrogen-bond acceptors (Lipinski definition) is 3. The molecule has 0 aliphatic rings. The summed E-state index contributed by atoms with van der Waals surface area (Å²) in [7, 11) is 0. The molecule has 108 valence electrons. The number of halogens is 5. The second-order valence-electron chi connectivity index (χ2n) is 2.98. The van der Waals surface area contributed by atoms with Gasteiger partial charge in [0.15, 0.2) is 23.3 Å². The number of carbonyl (C=O) groups is 1. The molecule has 0 fully saturated rings. The summed E-state index contributed by atoms with van der Waals surface area (Å²) < 4.78 is 67.9. The van der Waals surface area contributed by atoms with Gasteiger partial charge in [-0.3, -0.25) is 0 Å². The minimum absolute atomic E-state index is 0.250. The third kappa shape index (κ3) is 3.88. The second-order valence-corrected chi connectivity index (χ2v) is 2.98. The lowest BCUT2D eigenvalue weighted by molar-refractivity contribution is 0.0511. The van der Waals surface area contributed by atoms with Crippen LogP contribution in [-0.4, -0.2) is 24.3 Å². The molecule has 0 bridgehead atoms. The summed E-state index contributed by atoms with van der Waals surface area (Å²) >= 11 is 0. The third-order valence-electron chi connectivity index (χ3n) is 1.69. The molecule has 0 unspecified atom stereocenters. The molecule has 0 atom stereocenters. The number of aliphatic hydroxyl groups excluding tert-OH is 1. The molecular weight excluding hydrogens is 275 g/mol. The lowest BCUT2D eigenvalue weighted by atomic mass is 10.1. The number of ether oxygens (including phenoxy) is 1. The van der Waals surface area contributed by atoms with Gasteiger partial charge in [0, 0.05) is 6.61 Å². The molecule has 1 rings (SSSR count). The molecule has 0 aliphatic heterocycles. The van der Waals surface area contributed by atoms with Crippen molar-refractivity contribution in [1.29, 1.82) is 0 Å². The molecule has 1 N–H and O–H groups in total. The van der Waals surface area contributed by atoms with Crippen molar-refractivity contribution >= 4 is 5.97 Å². The summed E-state index contributed by atoms with van der Waals surface area (Å²) in [6.45, 7) is 3.00. The van der Waals surface area contributed by atoms with E-state index in [9.17, 15) is 26.7 Å². The predicted molar refractivity (Wildman–Crippen MR) is 54.9 cm³/mol. The maximum atomic E-state index is 13.0. The number of hydrogen-bond donors (Lipinski definition) is 1. The Bertz CT molecular complexity index is 433. The van der Waals surface area contributed by atoms with Crippen LogP contribution in [0.3, 0.4) is 0 Å². The van der Waals surface area contributed by atoms with Crippen LogP contribution < -0.4 is 0 Å². The van der Waals surface area contributed by atoms with E-state index in [-0.39, 0.29) is 13.2 Å². The van der Waals surface area contributed by atoms with E-state index in [0.29, 0.717) is 0 Å². The van der Waals surface area contributed by atoms with Crippen LogP contribution in [-0.2, 0) is 4.74 Å². The zero-order valence-corrected chi connectivity index (χ0v) is 10.1. The Hall–Kier alpha value is -1.70. The normalized spacial score (nSPS) is 9.68. The van der Waals surface area contributed by atoms with E-state index < -0.39 is 40.6 Å². The van der Waals surface area contributed by atoms with Gasteiger partial charge in [-0.05, 0) is 13.8 Å². The Balaban J connectivity index is 0.000000982. The molecule has 0 saturated heterocycles. The summed E-state index contributed by atoms with van der Waals surface area (Å²) in [4.78, 5) is 10.9. The van der Waals surface area contributed by atoms with Crippen LogP contribution in [0.2, 0.25) is 0 Å². The zero-order chi connectivity index (χ0) is 15.2. The van der Waals surface area contributed by atoms with E-state index in [1.165, 1.54) is 6.92 Å². The highest BCUT2D eigenvalue weighted by molar-refractivity contribution is 5.90. The summed E-state index contributed by atoms with van der Waals surface area (Å²) in [5.74, 6) is -12.7. The van der Waals surface area contributed by atoms with Crippen molar-refractivity contribution in [3.8, 4) is 0 Å². The maximum absolute atomic E-state index is 13.0.